The van der Waals surface area contributed by atoms with Crippen molar-refractivity contribution in [3.05, 3.63) is 72.1 Å². The minimum Gasteiger partial charge on any atom is -0.460 e. The number of carbonyl (C=O) groups excluding carboxylic acids is 1. The molecule has 2 aliphatic rings. The van der Waals surface area contributed by atoms with Crippen LogP contribution in [0.4, 0.5) is 18.9 Å². The van der Waals surface area contributed by atoms with E-state index in [9.17, 15) is 23.1 Å². The maximum Gasteiger partial charge on any atom is 0.573 e. The lowest BCUT2D eigenvalue weighted by molar-refractivity contribution is -0.274. The summed E-state index contributed by atoms with van der Waals surface area (Å²) in [5.74, 6) is -2.76. The maximum atomic E-state index is 12.8. The van der Waals surface area contributed by atoms with Gasteiger partial charge in [-0.1, -0.05) is 18.2 Å². The number of ether oxygens (including phenoxy) is 2. The number of hydrogen-bond acceptors (Lipinski definition) is 7. The first-order chi connectivity index (χ1) is 16.3. The Balaban J connectivity index is 1.64. The van der Waals surface area contributed by atoms with Crippen LogP contribution in [0.1, 0.15) is 17.0 Å². The third-order valence-electron chi connectivity index (χ3n) is 6.33. The number of rotatable bonds is 2. The van der Waals surface area contributed by atoms with Crippen molar-refractivity contribution < 1.29 is 32.5 Å². The Hall–Kier alpha value is -3.92. The molecule has 34 heavy (non-hydrogen) atoms. The number of nitrogens with zero attached hydrogens (tertiary/aromatic N) is 2. The molecule has 0 spiro atoms. The van der Waals surface area contributed by atoms with Crippen LogP contribution in [-0.2, 0) is 9.53 Å². The van der Waals surface area contributed by atoms with Gasteiger partial charge in [-0.2, -0.15) is 0 Å². The summed E-state index contributed by atoms with van der Waals surface area (Å²) in [6.45, 7) is -0.269. The second-order valence-corrected chi connectivity index (χ2v) is 8.32. The molecule has 2 aromatic carbocycles. The van der Waals surface area contributed by atoms with E-state index in [0.29, 0.717) is 38.6 Å². The zero-order valence-electron chi connectivity index (χ0n) is 17.3. The predicted octanol–water partition coefficient (Wildman–Crippen LogP) is 4.10. The number of hydrogen-bond donors (Lipinski definition) is 2. The topological polar surface area (TPSA) is 93.6 Å². The highest BCUT2D eigenvalue weighted by atomic mass is 19.4. The van der Waals surface area contributed by atoms with Crippen LogP contribution in [0.3, 0.4) is 0 Å². The Labute approximate surface area is 190 Å². The second-order valence-electron chi connectivity index (χ2n) is 8.32. The largest absolute Gasteiger partial charge is 0.573 e. The molecule has 2 aromatic heterocycles. The van der Waals surface area contributed by atoms with Crippen LogP contribution in [0.25, 0.3) is 21.8 Å². The molecule has 0 bridgehead atoms. The molecule has 10 heteroatoms. The van der Waals surface area contributed by atoms with Crippen molar-refractivity contribution in [1.82, 2.24) is 9.97 Å². The number of esters is 1. The molecule has 0 radical (unpaired) electrons. The summed E-state index contributed by atoms with van der Waals surface area (Å²) in [7, 11) is 0. The number of alkyl halides is 3. The van der Waals surface area contributed by atoms with Gasteiger partial charge in [0.1, 0.15) is 18.3 Å². The monoisotopic (exact) mass is 467 g/mol. The summed E-state index contributed by atoms with van der Waals surface area (Å²) in [6, 6.07) is 12.5. The van der Waals surface area contributed by atoms with Crippen LogP contribution in [0.2, 0.25) is 0 Å². The normalized spacial score (nSPS) is 23.8. The predicted molar refractivity (Wildman–Crippen MR) is 115 cm³/mol. The van der Waals surface area contributed by atoms with Crippen molar-refractivity contribution in [3.63, 3.8) is 0 Å². The number of cyclic esters (lactones) is 1. The van der Waals surface area contributed by atoms with Crippen LogP contribution >= 0.6 is 0 Å². The lowest BCUT2D eigenvalue weighted by atomic mass is 9.71. The molecule has 172 valence electrons. The first-order valence-electron chi connectivity index (χ1n) is 10.4. The van der Waals surface area contributed by atoms with Crippen molar-refractivity contribution in [2.45, 2.75) is 18.0 Å². The fraction of sp³-hybridized carbons (Fsp3) is 0.208. The number of aliphatic hydroxyl groups is 1. The van der Waals surface area contributed by atoms with Gasteiger partial charge in [0, 0.05) is 29.1 Å². The van der Waals surface area contributed by atoms with E-state index in [-0.39, 0.29) is 12.4 Å². The highest BCUT2D eigenvalue weighted by molar-refractivity contribution is 6.12. The summed E-state index contributed by atoms with van der Waals surface area (Å²) in [6.07, 6.45) is -1.55. The maximum absolute atomic E-state index is 12.8. The second kappa shape index (κ2) is 7.04. The molecule has 0 unspecified atom stereocenters. The summed E-state index contributed by atoms with van der Waals surface area (Å²) in [5.41, 5.74) is 1.28. The molecule has 4 aromatic rings. The molecule has 3 atom stereocenters. The molecular weight excluding hydrogens is 451 g/mol. The zero-order valence-corrected chi connectivity index (χ0v) is 17.3. The average molecular weight is 467 g/mol. The number of nitrogens with one attached hydrogen (secondary N) is 1. The van der Waals surface area contributed by atoms with Crippen LogP contribution in [0, 0.1) is 5.92 Å². The molecule has 0 amide bonds. The quantitative estimate of drug-likeness (QED) is 0.339. The molecule has 7 nitrogen and oxygen atoms in total. The summed E-state index contributed by atoms with van der Waals surface area (Å²) in [4.78, 5) is 21.8. The summed E-state index contributed by atoms with van der Waals surface area (Å²) < 4.78 is 47.2. The number of aromatic nitrogens is 2. The van der Waals surface area contributed by atoms with Gasteiger partial charge in [0.2, 0.25) is 0 Å². The minimum absolute atomic E-state index is 0.269. The van der Waals surface area contributed by atoms with E-state index in [1.54, 1.807) is 24.5 Å². The number of fused-ring (bicyclic) bond motifs is 7. The smallest absolute Gasteiger partial charge is 0.460 e. The van der Waals surface area contributed by atoms with Crippen molar-refractivity contribution in [3.8, 4) is 5.75 Å². The van der Waals surface area contributed by atoms with Crippen molar-refractivity contribution >= 4 is 33.5 Å². The van der Waals surface area contributed by atoms with Gasteiger partial charge in [-0.15, -0.1) is 13.2 Å². The summed E-state index contributed by atoms with van der Waals surface area (Å²) in [5, 5.41) is 15.9. The lowest BCUT2D eigenvalue weighted by Crippen LogP contribution is -2.51. The fourth-order valence-corrected chi connectivity index (χ4v) is 5.04. The van der Waals surface area contributed by atoms with Crippen molar-refractivity contribution in [2.24, 2.45) is 5.92 Å². The van der Waals surface area contributed by atoms with Crippen molar-refractivity contribution in [2.75, 3.05) is 11.9 Å². The number of carbonyl (C=O) groups is 1. The van der Waals surface area contributed by atoms with Crippen molar-refractivity contribution in [1.29, 1.82) is 0 Å². The van der Waals surface area contributed by atoms with E-state index in [1.807, 2.05) is 12.1 Å². The zero-order chi connectivity index (χ0) is 23.7. The van der Waals surface area contributed by atoms with Gasteiger partial charge in [0.05, 0.1) is 16.7 Å². The molecule has 0 aliphatic carbocycles. The van der Waals surface area contributed by atoms with Crippen LogP contribution < -0.4 is 10.1 Å². The molecule has 2 N–H and O–H groups in total. The van der Waals surface area contributed by atoms with E-state index >= 15 is 0 Å². The van der Waals surface area contributed by atoms with Gasteiger partial charge >= 0.3 is 12.3 Å². The Morgan fingerprint density at radius 3 is 2.35 bits per heavy atom. The number of halogens is 3. The molecule has 0 saturated carbocycles. The first-order valence-corrected chi connectivity index (χ1v) is 10.4. The van der Waals surface area contributed by atoms with Gasteiger partial charge in [-0.3, -0.25) is 14.8 Å². The molecule has 2 aliphatic heterocycles. The minimum atomic E-state index is -4.83. The third-order valence-corrected chi connectivity index (χ3v) is 6.33. The van der Waals surface area contributed by atoms with E-state index in [2.05, 4.69) is 20.0 Å². The highest BCUT2D eigenvalue weighted by Gasteiger charge is 2.58. The Bertz CT molecular complexity index is 1460. The highest BCUT2D eigenvalue weighted by Crippen LogP contribution is 2.53. The summed E-state index contributed by atoms with van der Waals surface area (Å²) >= 11 is 0. The number of anilines is 1. The molecule has 6 rings (SSSR count). The van der Waals surface area contributed by atoms with Crippen LogP contribution in [0.15, 0.2) is 60.9 Å². The molecule has 1 saturated heterocycles. The molecular formula is C24H16F3N3O4. The van der Waals surface area contributed by atoms with Gasteiger partial charge in [0.15, 0.2) is 5.72 Å². The third kappa shape index (κ3) is 3.06. The van der Waals surface area contributed by atoms with Crippen LogP contribution in [-0.4, -0.2) is 39.7 Å². The van der Waals surface area contributed by atoms with Gasteiger partial charge < -0.3 is 19.9 Å². The average Bonchev–Trinajstić information content (AvgIpc) is 3.12. The van der Waals surface area contributed by atoms with Gasteiger partial charge in [-0.05, 0) is 41.5 Å². The van der Waals surface area contributed by atoms with E-state index in [0.717, 1.165) is 0 Å². The van der Waals surface area contributed by atoms with Gasteiger partial charge in [-0.25, -0.2) is 0 Å². The van der Waals surface area contributed by atoms with Gasteiger partial charge in [0.25, 0.3) is 0 Å². The number of pyridine rings is 2. The Morgan fingerprint density at radius 2 is 1.68 bits per heavy atom. The first kappa shape index (κ1) is 20.7. The Morgan fingerprint density at radius 1 is 1.03 bits per heavy atom. The SMILES string of the molecule is O=C1OC[C@]2(O)Nc3c(c4cccnc4c4ncccc34)[C@@H](c3ccc(OC(F)(F)F)cc3)[C@@H]12. The number of benzene rings is 2. The standard InChI is InChI=1S/C24H16F3N3O4/c25-24(26,27)34-13-7-5-12(6-8-13)16-17-14-3-1-9-28-20(14)21-15(4-2-10-29-21)19(17)30-23(32)11-33-22(31)18(16)23/h1-10,16,18,30,32H,11H2/t16-,18+,23-/m1/s1. The van der Waals surface area contributed by atoms with E-state index < -0.39 is 29.9 Å². The molecule has 1 fully saturated rings. The fourth-order valence-electron chi connectivity index (χ4n) is 5.04. The Kier molecular flexibility index (Phi) is 4.28. The van der Waals surface area contributed by atoms with Crippen LogP contribution in [0.5, 0.6) is 5.75 Å². The molecule has 4 heterocycles. The van der Waals surface area contributed by atoms with E-state index in [4.69, 9.17) is 4.74 Å². The lowest BCUT2D eigenvalue weighted by Gasteiger charge is -2.41. The van der Waals surface area contributed by atoms with E-state index in [1.165, 1.54) is 24.3 Å².